The number of anilines is 1. The van der Waals surface area contributed by atoms with Crippen molar-refractivity contribution in [3.8, 4) is 21.9 Å². The molecule has 0 bridgehead atoms. The van der Waals surface area contributed by atoms with Crippen molar-refractivity contribution in [1.82, 2.24) is 19.9 Å². The summed E-state index contributed by atoms with van der Waals surface area (Å²) in [4.78, 5) is 23.3. The van der Waals surface area contributed by atoms with Crippen LogP contribution in [0.5, 0.6) is 5.75 Å². The van der Waals surface area contributed by atoms with Crippen molar-refractivity contribution in [1.29, 1.82) is 0 Å². The standard InChI is InChI=1S/C30H26F4N6O2S/c1-17(20-4-2-3-5-21(20)30(32,33)34)42-26-25(31)29(43-27(26)28(35)41)40-16-38-22-14-18(6-8-23(22)40)19-7-9-24(37-15-19)39-12-10-36-11-13-39/h2-9,14-17,36H,10-13H2,1H3,(H2,35,41)/t17-/m1/s1. The number of amides is 1. The van der Waals surface area contributed by atoms with Crippen LogP contribution in [0.1, 0.15) is 33.8 Å². The largest absolute Gasteiger partial charge is 0.481 e. The fourth-order valence-electron chi connectivity index (χ4n) is 5.15. The Labute approximate surface area is 247 Å². The Balaban J connectivity index is 1.31. The van der Waals surface area contributed by atoms with Gasteiger partial charge in [-0.25, -0.2) is 9.97 Å². The lowest BCUT2D eigenvalue weighted by Crippen LogP contribution is -2.43. The van der Waals surface area contributed by atoms with Gasteiger partial charge in [-0.15, -0.1) is 11.3 Å². The second-order valence-corrected chi connectivity index (χ2v) is 11.0. The summed E-state index contributed by atoms with van der Waals surface area (Å²) in [5, 5.41) is 3.29. The number of primary amides is 1. The molecule has 1 aliphatic heterocycles. The molecule has 0 spiro atoms. The Morgan fingerprint density at radius 3 is 2.51 bits per heavy atom. The predicted octanol–water partition coefficient (Wildman–Crippen LogP) is 5.96. The molecule has 0 unspecified atom stereocenters. The lowest BCUT2D eigenvalue weighted by atomic mass is 10.0. The third-order valence-electron chi connectivity index (χ3n) is 7.30. The molecule has 5 aromatic rings. The van der Waals surface area contributed by atoms with E-state index in [1.54, 1.807) is 12.3 Å². The van der Waals surface area contributed by atoms with Crippen molar-refractivity contribution < 1.29 is 27.1 Å². The molecular weight excluding hydrogens is 584 g/mol. The third kappa shape index (κ3) is 5.53. The number of nitrogens with zero attached hydrogens (tertiary/aromatic N) is 4. The molecule has 222 valence electrons. The quantitative estimate of drug-likeness (QED) is 0.221. The molecule has 0 radical (unpaired) electrons. The number of imidazole rings is 1. The molecular formula is C30H26F4N6O2S. The van der Waals surface area contributed by atoms with Gasteiger partial charge in [-0.1, -0.05) is 24.3 Å². The number of nitrogens with one attached hydrogen (secondary N) is 1. The summed E-state index contributed by atoms with van der Waals surface area (Å²) in [5.41, 5.74) is 7.27. The first kappa shape index (κ1) is 28.6. The summed E-state index contributed by atoms with van der Waals surface area (Å²) in [6.45, 7) is 4.95. The summed E-state index contributed by atoms with van der Waals surface area (Å²) < 4.78 is 63.8. The van der Waals surface area contributed by atoms with Crippen LogP contribution in [-0.4, -0.2) is 46.6 Å². The molecule has 13 heteroatoms. The number of piperazine rings is 1. The number of nitrogens with two attached hydrogens (primary N) is 1. The normalized spacial score (nSPS) is 14.7. The van der Waals surface area contributed by atoms with Crippen LogP contribution in [0, 0.1) is 5.82 Å². The SMILES string of the molecule is C[C@@H](Oc1c(C(N)=O)sc(-n2cnc3cc(-c4ccc(N5CCNCC5)nc4)ccc32)c1F)c1ccccc1C(F)(F)F. The number of benzene rings is 2. The van der Waals surface area contributed by atoms with E-state index >= 15 is 4.39 Å². The predicted molar refractivity (Wildman–Crippen MR) is 156 cm³/mol. The molecule has 1 amide bonds. The molecule has 43 heavy (non-hydrogen) atoms. The summed E-state index contributed by atoms with van der Waals surface area (Å²) in [6, 6.07) is 14.3. The molecule has 0 aliphatic carbocycles. The summed E-state index contributed by atoms with van der Waals surface area (Å²) >= 11 is 0.736. The van der Waals surface area contributed by atoms with E-state index in [4.69, 9.17) is 10.5 Å². The van der Waals surface area contributed by atoms with Gasteiger partial charge in [0.05, 0.1) is 16.6 Å². The van der Waals surface area contributed by atoms with Gasteiger partial charge in [0.25, 0.3) is 5.91 Å². The van der Waals surface area contributed by atoms with Gasteiger partial charge >= 0.3 is 6.18 Å². The van der Waals surface area contributed by atoms with Gasteiger partial charge < -0.3 is 20.7 Å². The molecule has 3 N–H and O–H groups in total. The number of rotatable bonds is 7. The van der Waals surface area contributed by atoms with E-state index in [-0.39, 0.29) is 15.4 Å². The number of halogens is 4. The van der Waals surface area contributed by atoms with Gasteiger partial charge in [-0.05, 0) is 42.8 Å². The van der Waals surface area contributed by atoms with Gasteiger partial charge in [0.15, 0.2) is 5.75 Å². The van der Waals surface area contributed by atoms with E-state index in [2.05, 4.69) is 20.2 Å². The highest BCUT2D eigenvalue weighted by Crippen LogP contribution is 2.42. The zero-order valence-electron chi connectivity index (χ0n) is 22.9. The fourth-order valence-corrected chi connectivity index (χ4v) is 6.10. The minimum absolute atomic E-state index is 0.0302. The number of alkyl halides is 3. The molecule has 1 aliphatic rings. The highest BCUT2D eigenvalue weighted by atomic mass is 32.1. The smallest absolute Gasteiger partial charge is 0.416 e. The molecule has 6 rings (SSSR count). The second kappa shape index (κ2) is 11.3. The van der Waals surface area contributed by atoms with E-state index in [0.717, 1.165) is 60.5 Å². The molecule has 2 aromatic carbocycles. The van der Waals surface area contributed by atoms with Crippen molar-refractivity contribution in [2.75, 3.05) is 31.1 Å². The van der Waals surface area contributed by atoms with Crippen LogP contribution in [0.3, 0.4) is 0 Å². The lowest BCUT2D eigenvalue weighted by molar-refractivity contribution is -0.139. The molecule has 1 fully saturated rings. The third-order valence-corrected chi connectivity index (χ3v) is 8.46. The molecule has 4 heterocycles. The van der Waals surface area contributed by atoms with Crippen molar-refractivity contribution in [2.45, 2.75) is 19.2 Å². The summed E-state index contributed by atoms with van der Waals surface area (Å²) in [5.74, 6) is -1.49. The summed E-state index contributed by atoms with van der Waals surface area (Å²) in [6.07, 6.45) is -2.67. The Morgan fingerprint density at radius 2 is 1.81 bits per heavy atom. The lowest BCUT2D eigenvalue weighted by Gasteiger charge is -2.28. The Kier molecular flexibility index (Phi) is 7.52. The first-order chi connectivity index (χ1) is 20.6. The maximum Gasteiger partial charge on any atom is 0.416 e. The van der Waals surface area contributed by atoms with Crippen LogP contribution in [0.25, 0.3) is 27.2 Å². The molecule has 1 atom stereocenters. The molecule has 3 aromatic heterocycles. The fraction of sp³-hybridized carbons (Fsp3) is 0.233. The molecule has 0 saturated carbocycles. The van der Waals surface area contributed by atoms with E-state index in [1.807, 2.05) is 24.3 Å². The molecule has 8 nitrogen and oxygen atoms in total. The average Bonchev–Trinajstić information content (AvgIpc) is 3.57. The first-order valence-corrected chi connectivity index (χ1v) is 14.3. The van der Waals surface area contributed by atoms with Gasteiger partial charge in [0.1, 0.15) is 28.1 Å². The van der Waals surface area contributed by atoms with Gasteiger partial charge in [-0.3, -0.25) is 9.36 Å². The van der Waals surface area contributed by atoms with E-state index in [1.165, 1.54) is 36.0 Å². The van der Waals surface area contributed by atoms with Crippen molar-refractivity contribution in [3.63, 3.8) is 0 Å². The van der Waals surface area contributed by atoms with Crippen molar-refractivity contribution >= 4 is 34.1 Å². The summed E-state index contributed by atoms with van der Waals surface area (Å²) in [7, 11) is 0. The Bertz CT molecular complexity index is 1800. The van der Waals surface area contributed by atoms with Gasteiger partial charge in [-0.2, -0.15) is 17.6 Å². The second-order valence-electron chi connectivity index (χ2n) is 10.0. The number of carbonyl (C=O) groups is 1. The minimum atomic E-state index is -4.64. The van der Waals surface area contributed by atoms with E-state index in [0.29, 0.717) is 11.0 Å². The van der Waals surface area contributed by atoms with Crippen LogP contribution in [0.4, 0.5) is 23.4 Å². The maximum atomic E-state index is 15.9. The number of thiophene rings is 1. The zero-order valence-corrected chi connectivity index (χ0v) is 23.7. The highest BCUT2D eigenvalue weighted by molar-refractivity contribution is 7.16. The van der Waals surface area contributed by atoms with E-state index < -0.39 is 35.3 Å². The number of aromatic nitrogens is 3. The first-order valence-electron chi connectivity index (χ1n) is 13.5. The van der Waals surface area contributed by atoms with Gasteiger partial charge in [0, 0.05) is 43.5 Å². The van der Waals surface area contributed by atoms with Crippen LogP contribution < -0.4 is 20.7 Å². The number of hydrogen-bond acceptors (Lipinski definition) is 7. The minimum Gasteiger partial charge on any atom is -0.481 e. The number of carbonyl (C=O) groups excluding carboxylic acids is 1. The van der Waals surface area contributed by atoms with E-state index in [9.17, 15) is 18.0 Å². The number of fused-ring (bicyclic) bond motifs is 1. The topological polar surface area (TPSA) is 98.3 Å². The Morgan fingerprint density at radius 1 is 1.07 bits per heavy atom. The molecule has 1 saturated heterocycles. The number of hydrogen-bond donors (Lipinski definition) is 2. The zero-order chi connectivity index (χ0) is 30.3. The Hall–Kier alpha value is -4.49. The van der Waals surface area contributed by atoms with Crippen LogP contribution in [0.15, 0.2) is 67.1 Å². The van der Waals surface area contributed by atoms with Crippen molar-refractivity contribution in [2.24, 2.45) is 5.73 Å². The monoisotopic (exact) mass is 610 g/mol. The number of ether oxygens (including phenoxy) is 1. The average molecular weight is 611 g/mol. The highest BCUT2D eigenvalue weighted by Gasteiger charge is 2.35. The van der Waals surface area contributed by atoms with Crippen LogP contribution in [-0.2, 0) is 6.18 Å². The number of pyridine rings is 1. The maximum absolute atomic E-state index is 15.9. The van der Waals surface area contributed by atoms with Crippen molar-refractivity contribution in [3.05, 3.63) is 88.9 Å². The van der Waals surface area contributed by atoms with Gasteiger partial charge in [0.2, 0.25) is 5.82 Å². The van der Waals surface area contributed by atoms with Crippen LogP contribution >= 0.6 is 11.3 Å². The van der Waals surface area contributed by atoms with Crippen LogP contribution in [0.2, 0.25) is 0 Å².